The lowest BCUT2D eigenvalue weighted by Gasteiger charge is -2.39. The smallest absolute Gasteiger partial charge is 0.309 e. The number of esters is 2. The number of allylic oxidation sites excluding steroid dienone is 2. The van der Waals surface area contributed by atoms with Gasteiger partial charge in [-0.1, -0.05) is 68.8 Å². The minimum atomic E-state index is -1.47. The van der Waals surface area contributed by atoms with E-state index >= 15 is 0 Å². The van der Waals surface area contributed by atoms with Crippen LogP contribution < -0.4 is 0 Å². The molecule has 2 aliphatic heterocycles. The fourth-order valence-corrected chi connectivity index (χ4v) is 7.30. The summed E-state index contributed by atoms with van der Waals surface area (Å²) in [6.45, 7) is 12.9. The van der Waals surface area contributed by atoms with Gasteiger partial charge >= 0.3 is 11.9 Å². The predicted molar refractivity (Wildman–Crippen MR) is 199 cm³/mol. The van der Waals surface area contributed by atoms with Gasteiger partial charge in [-0.2, -0.15) is 0 Å². The van der Waals surface area contributed by atoms with Crippen molar-refractivity contribution >= 4 is 23.5 Å². The Morgan fingerprint density at radius 3 is 2.48 bits per heavy atom. The van der Waals surface area contributed by atoms with E-state index < -0.39 is 53.4 Å². The second-order valence-corrected chi connectivity index (χ2v) is 15.2. The van der Waals surface area contributed by atoms with Crippen LogP contribution in [-0.4, -0.2) is 111 Å². The fourth-order valence-electron chi connectivity index (χ4n) is 7.17. The Balaban J connectivity index is 1.96. The predicted octanol–water partition coefficient (Wildman–Crippen LogP) is 4.92. The quantitative estimate of drug-likeness (QED) is 0.0836. The molecular formula is C40H60ClNO10. The van der Waals surface area contributed by atoms with Gasteiger partial charge in [-0.05, 0) is 69.4 Å². The monoisotopic (exact) mass is 749 g/mol. The third-order valence-corrected chi connectivity index (χ3v) is 10.5. The maximum absolute atomic E-state index is 12.9. The van der Waals surface area contributed by atoms with Crippen LogP contribution in [0.15, 0.2) is 60.2 Å². The van der Waals surface area contributed by atoms with Crippen LogP contribution in [0.1, 0.15) is 79.7 Å². The summed E-state index contributed by atoms with van der Waals surface area (Å²) in [7, 11) is 1.69. The van der Waals surface area contributed by atoms with Crippen LogP contribution in [0.2, 0.25) is 5.02 Å². The largest absolute Gasteiger partial charge is 0.457 e. The van der Waals surface area contributed by atoms with Crippen LogP contribution in [0.3, 0.4) is 0 Å². The van der Waals surface area contributed by atoms with E-state index in [2.05, 4.69) is 13.8 Å². The van der Waals surface area contributed by atoms with Crippen molar-refractivity contribution < 1.29 is 49.0 Å². The van der Waals surface area contributed by atoms with E-state index in [1.165, 1.54) is 13.8 Å². The molecule has 0 aliphatic carbocycles. The number of nitrogens with zero attached hydrogens (tertiary/aromatic N) is 1. The van der Waals surface area contributed by atoms with Crippen molar-refractivity contribution in [3.05, 3.63) is 70.8 Å². The van der Waals surface area contributed by atoms with Crippen LogP contribution >= 0.6 is 11.6 Å². The normalized spacial score (nSPS) is 31.1. The van der Waals surface area contributed by atoms with Gasteiger partial charge in [0.05, 0.1) is 43.0 Å². The average molecular weight is 750 g/mol. The van der Waals surface area contributed by atoms with E-state index in [1.807, 2.05) is 36.1 Å². The highest BCUT2D eigenvalue weighted by molar-refractivity contribution is 6.30. The Morgan fingerprint density at radius 2 is 1.88 bits per heavy atom. The third-order valence-electron chi connectivity index (χ3n) is 10.2. The Labute approximate surface area is 314 Å². The lowest BCUT2D eigenvalue weighted by Crippen LogP contribution is -2.54. The lowest BCUT2D eigenvalue weighted by molar-refractivity contribution is -0.157. The maximum Gasteiger partial charge on any atom is 0.309 e. The minimum Gasteiger partial charge on any atom is -0.457 e. The molecule has 2 aliphatic rings. The number of carbonyl (C=O) groups excluding carboxylic acids is 2. The molecular weight excluding hydrogens is 690 g/mol. The SMILES string of the molecule is CC[C@H](OC)[C@@H](C)[C@H]1O[C@@H]1C(N(CCO)Cc1ccc(Cl)cc1)C(C)(O)/C=C/C=C(\C)[C@@H]1OC(=O)C[C@H](O)CC[C@@](C)(O)[C@@H](OC(C)=O)/C=C/[C@@H]1C. The number of rotatable bonds is 15. The summed E-state index contributed by atoms with van der Waals surface area (Å²) in [6, 6.07) is 6.89. The average Bonchev–Trinajstić information content (AvgIpc) is 3.85. The van der Waals surface area contributed by atoms with Crippen LogP contribution in [0, 0.1) is 11.8 Å². The molecule has 0 bridgehead atoms. The van der Waals surface area contributed by atoms with Crippen LogP contribution in [0.5, 0.6) is 0 Å². The molecule has 0 amide bonds. The highest BCUT2D eigenvalue weighted by Gasteiger charge is 2.56. The Morgan fingerprint density at radius 1 is 1.21 bits per heavy atom. The summed E-state index contributed by atoms with van der Waals surface area (Å²) < 4.78 is 23.3. The summed E-state index contributed by atoms with van der Waals surface area (Å²) in [4.78, 5) is 26.8. The third kappa shape index (κ3) is 12.5. The van der Waals surface area contributed by atoms with E-state index in [1.54, 1.807) is 51.3 Å². The number of cyclic esters (lactones) is 1. The number of aliphatic hydroxyl groups excluding tert-OH is 2. The number of epoxide rings is 1. The molecule has 0 saturated carbocycles. The molecule has 1 fully saturated rings. The first kappa shape index (κ1) is 43.8. The van der Waals surface area contributed by atoms with Crippen LogP contribution in [-0.2, 0) is 35.1 Å². The highest BCUT2D eigenvalue weighted by Crippen LogP contribution is 2.41. The number of hydrogen-bond acceptors (Lipinski definition) is 11. The summed E-state index contributed by atoms with van der Waals surface area (Å²) in [5, 5.41) is 44.6. The summed E-state index contributed by atoms with van der Waals surface area (Å²) in [5.41, 5.74) is -1.31. The Bertz CT molecular complexity index is 1390. The van der Waals surface area contributed by atoms with Gasteiger partial charge in [0.2, 0.25) is 0 Å². The van der Waals surface area contributed by atoms with Crippen molar-refractivity contribution in [2.75, 3.05) is 20.3 Å². The van der Waals surface area contributed by atoms with Gasteiger partial charge in [0, 0.05) is 44.0 Å². The molecule has 3 rings (SSSR count). The van der Waals surface area contributed by atoms with Gasteiger partial charge in [0.25, 0.3) is 0 Å². The fraction of sp³-hybridized carbons (Fsp3) is 0.650. The number of aliphatic hydroxyl groups is 4. The van der Waals surface area contributed by atoms with E-state index in [-0.39, 0.29) is 56.6 Å². The molecule has 12 heteroatoms. The van der Waals surface area contributed by atoms with Crippen molar-refractivity contribution in [3.63, 3.8) is 0 Å². The zero-order valence-corrected chi connectivity index (χ0v) is 32.7. The first-order chi connectivity index (χ1) is 24.4. The molecule has 11 atom stereocenters. The van der Waals surface area contributed by atoms with Gasteiger partial charge in [-0.3, -0.25) is 14.5 Å². The molecule has 292 valence electrons. The number of carbonyl (C=O) groups is 2. The summed E-state index contributed by atoms with van der Waals surface area (Å²) in [6.07, 6.45) is 5.88. The zero-order chi connectivity index (χ0) is 38.8. The number of ether oxygens (including phenoxy) is 4. The molecule has 0 radical (unpaired) electrons. The topological polar surface area (TPSA) is 159 Å². The standard InChI is InChI=1S/C40H60ClNO10/c1-9-32(49-8)27(4)36-37(52-36)38(42(21-22-43)24-29-13-15-30(41)16-14-29)40(7,48)19-10-11-25(2)35-26(3)12-17-33(50-28(5)44)39(6,47)20-18-31(45)23-34(46)51-35/h10-17,19,26-27,31-33,35-38,43,45,47-48H,9,18,20-24H2,1-8H3/b17-12+,19-10+,25-11+/t26-,27+,31+,32-,33-,35-,36+,37-,38?,39+,40?/m0/s1. The van der Waals surface area contributed by atoms with Crippen molar-refractivity contribution in [1.29, 1.82) is 0 Å². The molecule has 0 spiro atoms. The van der Waals surface area contributed by atoms with Crippen molar-refractivity contribution in [2.45, 2.75) is 135 Å². The van der Waals surface area contributed by atoms with Gasteiger partial charge in [-0.15, -0.1) is 0 Å². The van der Waals surface area contributed by atoms with Gasteiger partial charge in [-0.25, -0.2) is 0 Å². The van der Waals surface area contributed by atoms with Crippen LogP contribution in [0.4, 0.5) is 0 Å². The summed E-state index contributed by atoms with van der Waals surface area (Å²) >= 11 is 6.15. The molecule has 4 N–H and O–H groups in total. The minimum absolute atomic E-state index is 0.0227. The first-order valence-corrected chi connectivity index (χ1v) is 18.6. The highest BCUT2D eigenvalue weighted by atomic mass is 35.5. The van der Waals surface area contributed by atoms with E-state index in [0.717, 1.165) is 12.0 Å². The second-order valence-electron chi connectivity index (χ2n) is 14.8. The lowest BCUT2D eigenvalue weighted by atomic mass is 9.86. The Kier molecular flexibility index (Phi) is 16.5. The van der Waals surface area contributed by atoms with Gasteiger partial charge in [0.1, 0.15) is 23.9 Å². The molecule has 1 aromatic carbocycles. The molecule has 1 saturated heterocycles. The number of methoxy groups -OCH3 is 1. The van der Waals surface area contributed by atoms with E-state index in [0.29, 0.717) is 17.1 Å². The first-order valence-electron chi connectivity index (χ1n) is 18.2. The molecule has 0 aromatic heterocycles. The second kappa shape index (κ2) is 19.6. The Hall–Kier alpha value is -2.61. The molecule has 11 nitrogen and oxygen atoms in total. The molecule has 2 unspecified atom stereocenters. The zero-order valence-electron chi connectivity index (χ0n) is 31.9. The number of halogens is 1. The molecule has 2 heterocycles. The molecule has 52 heavy (non-hydrogen) atoms. The number of benzene rings is 1. The van der Waals surface area contributed by atoms with Crippen molar-refractivity contribution in [2.24, 2.45) is 11.8 Å². The maximum atomic E-state index is 12.9. The van der Waals surface area contributed by atoms with Crippen molar-refractivity contribution in [3.8, 4) is 0 Å². The summed E-state index contributed by atoms with van der Waals surface area (Å²) in [5.74, 6) is -1.51. The van der Waals surface area contributed by atoms with E-state index in [9.17, 15) is 30.0 Å². The van der Waals surface area contributed by atoms with Gasteiger partial charge < -0.3 is 39.4 Å². The molecule has 1 aromatic rings. The van der Waals surface area contributed by atoms with Crippen LogP contribution in [0.25, 0.3) is 0 Å². The number of hydrogen-bond donors (Lipinski definition) is 4. The van der Waals surface area contributed by atoms with Crippen molar-refractivity contribution in [1.82, 2.24) is 4.90 Å². The van der Waals surface area contributed by atoms with E-state index in [4.69, 9.17) is 30.5 Å². The van der Waals surface area contributed by atoms with Gasteiger partial charge in [0.15, 0.2) is 0 Å².